The van der Waals surface area contributed by atoms with Gasteiger partial charge >= 0.3 is 11.9 Å². The molecule has 5 rings (SSSR count). The van der Waals surface area contributed by atoms with Crippen LogP contribution in [0.15, 0.2) is 84.1 Å². The molecule has 1 aromatic heterocycles. The lowest BCUT2D eigenvalue weighted by Crippen LogP contribution is -2.38. The minimum Gasteiger partial charge on any atom is -0.466 e. The average molecular weight is 513 g/mol. The second kappa shape index (κ2) is 10.6. The van der Waals surface area contributed by atoms with Crippen LogP contribution in [0.1, 0.15) is 10.4 Å². The quantitative estimate of drug-likeness (QED) is 0.373. The SMILES string of the molecule is COC(=O)C1=C(C(=O)OC)N(c2ccc3nc(-c4ccc(NC(=O)c5ccccc5)cc4)[nH]c3c2)COC1. The first kappa shape index (κ1) is 24.7. The molecule has 0 bridgehead atoms. The van der Waals surface area contributed by atoms with Crippen LogP contribution >= 0.6 is 0 Å². The van der Waals surface area contributed by atoms with Crippen LogP contribution in [0.25, 0.3) is 22.4 Å². The number of aromatic nitrogens is 2. The smallest absolute Gasteiger partial charge is 0.355 e. The summed E-state index contributed by atoms with van der Waals surface area (Å²) in [6, 6.07) is 21.7. The number of imidazole rings is 1. The van der Waals surface area contributed by atoms with Crippen molar-refractivity contribution >= 4 is 40.3 Å². The number of methoxy groups -OCH3 is 2. The van der Waals surface area contributed by atoms with E-state index in [-0.39, 0.29) is 30.5 Å². The van der Waals surface area contributed by atoms with Crippen LogP contribution in [0.3, 0.4) is 0 Å². The van der Waals surface area contributed by atoms with Crippen LogP contribution in [-0.2, 0) is 23.8 Å². The molecule has 2 N–H and O–H groups in total. The van der Waals surface area contributed by atoms with Crippen molar-refractivity contribution in [3.8, 4) is 11.4 Å². The first-order chi connectivity index (χ1) is 18.5. The molecule has 0 unspecified atom stereocenters. The molecule has 0 radical (unpaired) electrons. The number of aromatic amines is 1. The van der Waals surface area contributed by atoms with Crippen LogP contribution in [0.5, 0.6) is 0 Å². The number of nitrogens with one attached hydrogen (secondary N) is 2. The topological polar surface area (TPSA) is 123 Å². The van der Waals surface area contributed by atoms with Crippen LogP contribution in [0.2, 0.25) is 0 Å². The van der Waals surface area contributed by atoms with E-state index in [9.17, 15) is 14.4 Å². The molecule has 4 aromatic rings. The minimum atomic E-state index is -0.668. The maximum atomic E-state index is 12.6. The van der Waals surface area contributed by atoms with Gasteiger partial charge in [-0.05, 0) is 54.6 Å². The summed E-state index contributed by atoms with van der Waals surface area (Å²) < 4.78 is 15.3. The predicted molar refractivity (Wildman–Crippen MR) is 140 cm³/mol. The molecule has 1 amide bonds. The molecule has 0 atom stereocenters. The van der Waals surface area contributed by atoms with Crippen molar-refractivity contribution < 1.29 is 28.6 Å². The van der Waals surface area contributed by atoms with Gasteiger partial charge in [0.15, 0.2) is 0 Å². The van der Waals surface area contributed by atoms with Gasteiger partial charge in [0.1, 0.15) is 18.3 Å². The Bertz CT molecular complexity index is 1540. The zero-order valence-electron chi connectivity index (χ0n) is 20.7. The third-order valence-electron chi connectivity index (χ3n) is 6.06. The van der Waals surface area contributed by atoms with Crippen molar-refractivity contribution in [2.24, 2.45) is 0 Å². The van der Waals surface area contributed by atoms with E-state index in [1.165, 1.54) is 14.2 Å². The van der Waals surface area contributed by atoms with Gasteiger partial charge in [-0.3, -0.25) is 4.79 Å². The first-order valence-corrected chi connectivity index (χ1v) is 11.7. The number of esters is 2. The van der Waals surface area contributed by atoms with Crippen molar-refractivity contribution in [2.75, 3.05) is 37.8 Å². The maximum absolute atomic E-state index is 12.6. The van der Waals surface area contributed by atoms with Crippen molar-refractivity contribution in [3.05, 3.63) is 89.6 Å². The van der Waals surface area contributed by atoms with E-state index in [4.69, 9.17) is 14.2 Å². The number of nitrogens with zero attached hydrogens (tertiary/aromatic N) is 2. The average Bonchev–Trinajstić information content (AvgIpc) is 3.40. The number of anilines is 2. The molecule has 2 heterocycles. The second-order valence-corrected chi connectivity index (χ2v) is 8.40. The molecule has 0 saturated heterocycles. The lowest BCUT2D eigenvalue weighted by molar-refractivity contribution is -0.140. The Balaban J connectivity index is 1.41. The first-order valence-electron chi connectivity index (χ1n) is 11.7. The van der Waals surface area contributed by atoms with Crippen molar-refractivity contribution in [1.82, 2.24) is 9.97 Å². The monoisotopic (exact) mass is 512 g/mol. The van der Waals surface area contributed by atoms with Crippen molar-refractivity contribution in [1.29, 1.82) is 0 Å². The Labute approximate surface area is 217 Å². The molecule has 38 heavy (non-hydrogen) atoms. The number of amides is 1. The number of rotatable bonds is 6. The fraction of sp³-hybridized carbons (Fsp3) is 0.143. The molecule has 0 spiro atoms. The Morgan fingerprint density at radius 1 is 0.947 bits per heavy atom. The van der Waals surface area contributed by atoms with Crippen LogP contribution in [0.4, 0.5) is 11.4 Å². The molecule has 192 valence electrons. The van der Waals surface area contributed by atoms with Crippen LogP contribution in [-0.4, -0.2) is 55.4 Å². The summed E-state index contributed by atoms with van der Waals surface area (Å²) >= 11 is 0. The van der Waals surface area contributed by atoms with Gasteiger partial charge in [-0.2, -0.15) is 0 Å². The molecule has 3 aromatic carbocycles. The summed E-state index contributed by atoms with van der Waals surface area (Å²) in [5.41, 5.74) is 4.24. The van der Waals surface area contributed by atoms with E-state index in [2.05, 4.69) is 15.3 Å². The van der Waals surface area contributed by atoms with E-state index in [0.717, 1.165) is 5.56 Å². The molecule has 1 aliphatic heterocycles. The van der Waals surface area contributed by atoms with Gasteiger partial charge < -0.3 is 29.4 Å². The number of H-pyrrole nitrogens is 1. The molecule has 0 fully saturated rings. The lowest BCUT2D eigenvalue weighted by Gasteiger charge is -2.31. The Morgan fingerprint density at radius 3 is 2.39 bits per heavy atom. The maximum Gasteiger partial charge on any atom is 0.355 e. The number of hydrogen-bond acceptors (Lipinski definition) is 8. The Morgan fingerprint density at radius 2 is 1.68 bits per heavy atom. The van der Waals surface area contributed by atoms with E-state index in [0.29, 0.717) is 33.8 Å². The van der Waals surface area contributed by atoms with E-state index in [1.807, 2.05) is 48.5 Å². The van der Waals surface area contributed by atoms with Crippen molar-refractivity contribution in [2.45, 2.75) is 0 Å². The van der Waals surface area contributed by atoms with Crippen LogP contribution in [0, 0.1) is 0 Å². The highest BCUT2D eigenvalue weighted by Crippen LogP contribution is 2.30. The summed E-state index contributed by atoms with van der Waals surface area (Å²) in [6.45, 7) is -0.0144. The van der Waals surface area contributed by atoms with E-state index >= 15 is 0 Å². The minimum absolute atomic E-state index is 0.0492. The normalized spacial score (nSPS) is 13.4. The highest BCUT2D eigenvalue weighted by atomic mass is 16.5. The van der Waals surface area contributed by atoms with Gasteiger partial charge in [-0.15, -0.1) is 0 Å². The van der Waals surface area contributed by atoms with Crippen LogP contribution < -0.4 is 10.2 Å². The Kier molecular flexibility index (Phi) is 6.88. The lowest BCUT2D eigenvalue weighted by atomic mass is 10.1. The largest absolute Gasteiger partial charge is 0.466 e. The van der Waals surface area contributed by atoms with Gasteiger partial charge in [0.05, 0.1) is 37.4 Å². The number of benzene rings is 3. The molecule has 0 aliphatic carbocycles. The molecule has 10 heteroatoms. The third kappa shape index (κ3) is 4.84. The highest BCUT2D eigenvalue weighted by Gasteiger charge is 2.32. The molecule has 0 saturated carbocycles. The highest BCUT2D eigenvalue weighted by molar-refractivity contribution is 6.05. The standard InChI is InChI=1S/C28H24N4O6/c1-36-27(34)21-15-38-16-32(24(21)28(35)37-2)20-12-13-22-23(14-20)31-25(30-22)17-8-10-19(11-9-17)29-26(33)18-6-4-3-5-7-18/h3-14H,15-16H2,1-2H3,(H,29,33)(H,30,31). The molecule has 10 nitrogen and oxygen atoms in total. The van der Waals surface area contributed by atoms with Crippen molar-refractivity contribution in [3.63, 3.8) is 0 Å². The number of carbonyl (C=O) groups is 3. The number of hydrogen-bond donors (Lipinski definition) is 2. The fourth-order valence-corrected chi connectivity index (χ4v) is 4.15. The molecular formula is C28H24N4O6. The number of fused-ring (bicyclic) bond motifs is 1. The fourth-order valence-electron chi connectivity index (χ4n) is 4.15. The summed E-state index contributed by atoms with van der Waals surface area (Å²) in [4.78, 5) is 46.8. The third-order valence-corrected chi connectivity index (χ3v) is 6.06. The number of carbonyl (C=O) groups excluding carboxylic acids is 3. The summed E-state index contributed by atoms with van der Waals surface area (Å²) in [7, 11) is 2.49. The molecular weight excluding hydrogens is 488 g/mol. The summed E-state index contributed by atoms with van der Waals surface area (Å²) in [6.07, 6.45) is 0. The molecule has 1 aliphatic rings. The van der Waals surface area contributed by atoms with Gasteiger partial charge in [0, 0.05) is 22.5 Å². The van der Waals surface area contributed by atoms with E-state index in [1.54, 1.807) is 29.2 Å². The summed E-state index contributed by atoms with van der Waals surface area (Å²) in [5.74, 6) is -0.888. The van der Waals surface area contributed by atoms with Gasteiger partial charge in [-0.25, -0.2) is 14.6 Å². The zero-order chi connectivity index (χ0) is 26.6. The zero-order valence-corrected chi connectivity index (χ0v) is 20.7. The second-order valence-electron chi connectivity index (χ2n) is 8.40. The van der Waals surface area contributed by atoms with E-state index < -0.39 is 11.9 Å². The van der Waals surface area contributed by atoms with Gasteiger partial charge in [0.2, 0.25) is 0 Å². The van der Waals surface area contributed by atoms with Gasteiger partial charge in [-0.1, -0.05) is 18.2 Å². The van der Waals surface area contributed by atoms with Gasteiger partial charge in [0.25, 0.3) is 5.91 Å². The predicted octanol–water partition coefficient (Wildman–Crippen LogP) is 3.88. The number of ether oxygens (including phenoxy) is 3. The Hall–Kier alpha value is -4.96. The summed E-state index contributed by atoms with van der Waals surface area (Å²) in [5, 5.41) is 2.88.